The van der Waals surface area contributed by atoms with Crippen LogP contribution in [-0.4, -0.2) is 47.7 Å². The zero-order valence-electron chi connectivity index (χ0n) is 21.4. The number of likely N-dealkylation sites (tertiary alicyclic amines) is 1. The predicted octanol–water partition coefficient (Wildman–Crippen LogP) is 5.43. The number of hydrogen-bond donors (Lipinski definition) is 0. The normalized spacial score (nSPS) is 15.4. The van der Waals surface area contributed by atoms with Crippen LogP contribution >= 0.6 is 0 Å². The molecule has 0 N–H and O–H groups in total. The molecule has 0 saturated carbocycles. The van der Waals surface area contributed by atoms with Gasteiger partial charge in [-0.25, -0.2) is 4.98 Å². The number of aromatic nitrogens is 2. The Bertz CT molecular complexity index is 1350. The quantitative estimate of drug-likeness (QED) is 0.258. The predicted molar refractivity (Wildman–Crippen MR) is 143 cm³/mol. The molecule has 4 aromatic rings. The number of nitrogens with zero attached hydrogens (tertiary/aromatic N) is 3. The second kappa shape index (κ2) is 11.4. The highest BCUT2D eigenvalue weighted by atomic mass is 16.5. The van der Waals surface area contributed by atoms with Gasteiger partial charge in [0.15, 0.2) is 0 Å². The molecule has 0 bridgehead atoms. The lowest BCUT2D eigenvalue weighted by molar-refractivity contribution is -0.128. The first-order valence-electron chi connectivity index (χ1n) is 12.8. The Morgan fingerprint density at radius 3 is 2.49 bits per heavy atom. The van der Waals surface area contributed by atoms with Crippen LogP contribution in [0.3, 0.4) is 0 Å². The second-order valence-electron chi connectivity index (χ2n) is 9.37. The number of unbranched alkanes of at least 4 members (excludes halogenated alkanes) is 1. The van der Waals surface area contributed by atoms with E-state index in [-0.39, 0.29) is 11.8 Å². The molecule has 0 aliphatic carbocycles. The summed E-state index contributed by atoms with van der Waals surface area (Å²) in [7, 11) is 3.31. The lowest BCUT2D eigenvalue weighted by atomic mass is 10.1. The SMILES string of the molecule is COc1ccc(CN2CC(c3nc4ccccc4n3CCCCOc3cccc(OC)c3)CC2=O)cc1. The fourth-order valence-corrected chi connectivity index (χ4v) is 4.94. The van der Waals surface area contributed by atoms with Crippen LogP contribution in [0.25, 0.3) is 11.0 Å². The van der Waals surface area contributed by atoms with Crippen molar-refractivity contribution in [1.82, 2.24) is 14.5 Å². The standard InChI is InChI=1S/C30H33N3O4/c1-35-24-14-12-22(13-15-24)20-32-21-23(18-29(32)34)30-31-27-10-3-4-11-28(27)33(30)16-5-6-17-37-26-9-7-8-25(19-26)36-2/h3-4,7-15,19,23H,5-6,16-18,20-21H2,1-2H3. The van der Waals surface area contributed by atoms with E-state index >= 15 is 0 Å². The molecule has 5 rings (SSSR count). The molecular weight excluding hydrogens is 466 g/mol. The Kier molecular flexibility index (Phi) is 7.59. The van der Waals surface area contributed by atoms with Crippen LogP contribution in [0.1, 0.15) is 36.6 Å². The van der Waals surface area contributed by atoms with Crippen LogP contribution in [0.5, 0.6) is 17.2 Å². The average molecular weight is 500 g/mol. The summed E-state index contributed by atoms with van der Waals surface area (Å²) in [5, 5.41) is 0. The Labute approximate surface area is 217 Å². The molecule has 1 fully saturated rings. The van der Waals surface area contributed by atoms with E-state index < -0.39 is 0 Å². The number of carbonyl (C=O) groups is 1. The number of imidazole rings is 1. The number of fused-ring (bicyclic) bond motifs is 1. The average Bonchev–Trinajstić information content (AvgIpc) is 3.49. The van der Waals surface area contributed by atoms with Crippen LogP contribution in [0.15, 0.2) is 72.8 Å². The highest BCUT2D eigenvalue weighted by Crippen LogP contribution is 2.32. The summed E-state index contributed by atoms with van der Waals surface area (Å²) in [6.07, 6.45) is 2.35. The smallest absolute Gasteiger partial charge is 0.223 e. The molecule has 1 aliphatic rings. The zero-order valence-corrected chi connectivity index (χ0v) is 21.4. The number of rotatable bonds is 11. The molecule has 1 unspecified atom stereocenters. The third-order valence-electron chi connectivity index (χ3n) is 6.88. The molecular formula is C30H33N3O4. The number of carbonyl (C=O) groups excluding carboxylic acids is 1. The highest BCUT2D eigenvalue weighted by molar-refractivity contribution is 5.81. The molecule has 192 valence electrons. The van der Waals surface area contributed by atoms with Gasteiger partial charge in [-0.3, -0.25) is 4.79 Å². The lowest BCUT2D eigenvalue weighted by Crippen LogP contribution is -2.24. The van der Waals surface area contributed by atoms with Crippen molar-refractivity contribution in [2.75, 3.05) is 27.4 Å². The molecule has 37 heavy (non-hydrogen) atoms. The number of methoxy groups -OCH3 is 2. The van der Waals surface area contributed by atoms with Crippen LogP contribution in [0, 0.1) is 0 Å². The van der Waals surface area contributed by atoms with E-state index in [9.17, 15) is 4.79 Å². The molecule has 0 spiro atoms. The first-order valence-corrected chi connectivity index (χ1v) is 12.8. The largest absolute Gasteiger partial charge is 0.497 e. The Morgan fingerprint density at radius 2 is 1.68 bits per heavy atom. The van der Waals surface area contributed by atoms with Crippen molar-refractivity contribution >= 4 is 16.9 Å². The van der Waals surface area contributed by atoms with Gasteiger partial charge in [0.25, 0.3) is 0 Å². The summed E-state index contributed by atoms with van der Waals surface area (Å²) in [5.74, 6) is 3.67. The number of amides is 1. The third-order valence-corrected chi connectivity index (χ3v) is 6.88. The number of para-hydroxylation sites is 2. The van der Waals surface area contributed by atoms with E-state index in [0.29, 0.717) is 26.1 Å². The summed E-state index contributed by atoms with van der Waals surface area (Å²) < 4.78 is 18.7. The summed E-state index contributed by atoms with van der Waals surface area (Å²) in [6, 6.07) is 23.8. The van der Waals surface area contributed by atoms with E-state index in [0.717, 1.165) is 59.1 Å². The lowest BCUT2D eigenvalue weighted by Gasteiger charge is -2.18. The van der Waals surface area contributed by atoms with E-state index in [2.05, 4.69) is 10.6 Å². The number of benzene rings is 3. The fourth-order valence-electron chi connectivity index (χ4n) is 4.94. The van der Waals surface area contributed by atoms with E-state index in [1.165, 1.54) is 0 Å². The summed E-state index contributed by atoms with van der Waals surface area (Å²) >= 11 is 0. The Balaban J connectivity index is 1.24. The summed E-state index contributed by atoms with van der Waals surface area (Å²) in [6.45, 7) is 2.74. The molecule has 1 aliphatic heterocycles. The van der Waals surface area contributed by atoms with Gasteiger partial charge >= 0.3 is 0 Å². The third kappa shape index (κ3) is 5.71. The van der Waals surface area contributed by atoms with Gasteiger partial charge in [-0.2, -0.15) is 0 Å². The van der Waals surface area contributed by atoms with Gasteiger partial charge in [0.05, 0.1) is 31.9 Å². The van der Waals surface area contributed by atoms with Crippen molar-refractivity contribution in [2.24, 2.45) is 0 Å². The van der Waals surface area contributed by atoms with Crippen molar-refractivity contribution in [3.8, 4) is 17.2 Å². The number of hydrogen-bond acceptors (Lipinski definition) is 5. The maximum absolute atomic E-state index is 12.9. The number of ether oxygens (including phenoxy) is 3. The van der Waals surface area contributed by atoms with E-state index in [1.807, 2.05) is 71.6 Å². The van der Waals surface area contributed by atoms with Crippen LogP contribution in [0.2, 0.25) is 0 Å². The minimum Gasteiger partial charge on any atom is -0.497 e. The first kappa shape index (κ1) is 24.7. The van der Waals surface area contributed by atoms with Gasteiger partial charge in [-0.1, -0.05) is 30.3 Å². The van der Waals surface area contributed by atoms with Gasteiger partial charge in [0.1, 0.15) is 23.1 Å². The molecule has 1 saturated heterocycles. The monoisotopic (exact) mass is 499 g/mol. The topological polar surface area (TPSA) is 65.8 Å². The summed E-state index contributed by atoms with van der Waals surface area (Å²) in [5.41, 5.74) is 3.19. The van der Waals surface area contributed by atoms with Crippen LogP contribution in [0.4, 0.5) is 0 Å². The Hall–Kier alpha value is -4.00. The van der Waals surface area contributed by atoms with Crippen molar-refractivity contribution in [3.63, 3.8) is 0 Å². The second-order valence-corrected chi connectivity index (χ2v) is 9.37. The first-order chi connectivity index (χ1) is 18.1. The van der Waals surface area contributed by atoms with Crippen molar-refractivity contribution in [3.05, 3.63) is 84.2 Å². The van der Waals surface area contributed by atoms with Gasteiger partial charge in [0.2, 0.25) is 5.91 Å². The van der Waals surface area contributed by atoms with E-state index in [1.54, 1.807) is 14.2 Å². The van der Waals surface area contributed by atoms with Gasteiger partial charge in [0, 0.05) is 38.0 Å². The molecule has 3 aromatic carbocycles. The maximum atomic E-state index is 12.9. The zero-order chi connectivity index (χ0) is 25.6. The van der Waals surface area contributed by atoms with Crippen LogP contribution < -0.4 is 14.2 Å². The van der Waals surface area contributed by atoms with Crippen LogP contribution in [-0.2, 0) is 17.9 Å². The van der Waals surface area contributed by atoms with Crippen molar-refractivity contribution in [1.29, 1.82) is 0 Å². The van der Waals surface area contributed by atoms with Crippen molar-refractivity contribution in [2.45, 2.75) is 38.3 Å². The molecule has 1 aromatic heterocycles. The minimum atomic E-state index is 0.0752. The molecule has 2 heterocycles. The minimum absolute atomic E-state index is 0.0752. The fraction of sp³-hybridized carbons (Fsp3) is 0.333. The molecule has 1 atom stereocenters. The van der Waals surface area contributed by atoms with Crippen molar-refractivity contribution < 1.29 is 19.0 Å². The maximum Gasteiger partial charge on any atom is 0.223 e. The van der Waals surface area contributed by atoms with E-state index in [4.69, 9.17) is 19.2 Å². The van der Waals surface area contributed by atoms with Gasteiger partial charge in [-0.15, -0.1) is 0 Å². The highest BCUT2D eigenvalue weighted by Gasteiger charge is 2.33. The van der Waals surface area contributed by atoms with Gasteiger partial charge < -0.3 is 23.7 Å². The summed E-state index contributed by atoms with van der Waals surface area (Å²) in [4.78, 5) is 19.9. The molecule has 1 amide bonds. The molecule has 7 heteroatoms. The molecule has 7 nitrogen and oxygen atoms in total. The Morgan fingerprint density at radius 1 is 0.892 bits per heavy atom. The number of aryl methyl sites for hydroxylation is 1. The van der Waals surface area contributed by atoms with Gasteiger partial charge in [-0.05, 0) is 54.8 Å². The molecule has 0 radical (unpaired) electrons.